The van der Waals surface area contributed by atoms with Gasteiger partial charge < -0.3 is 14.2 Å². The molecule has 3 rings (SSSR count). The van der Waals surface area contributed by atoms with Crippen molar-refractivity contribution in [1.29, 1.82) is 0 Å². The Labute approximate surface area is 124 Å². The third kappa shape index (κ3) is 3.32. The standard InChI is InChI=1S/C15H21N3O3/c1-11-2-4-12(5-3-11)8-14(19)18-6-7-20-9-13(18)15-16-10-21-17-15/h8,10-11,13H,2-7,9H2,1H3. The number of rotatable bonds is 2. The van der Waals surface area contributed by atoms with Crippen LogP contribution in [0, 0.1) is 5.92 Å². The number of aromatic nitrogens is 2. The molecule has 1 aromatic heterocycles. The van der Waals surface area contributed by atoms with Gasteiger partial charge in [0.1, 0.15) is 6.04 Å². The Morgan fingerprint density at radius 2 is 2.24 bits per heavy atom. The van der Waals surface area contributed by atoms with Crippen LogP contribution in [0.5, 0.6) is 0 Å². The molecule has 2 aliphatic rings. The summed E-state index contributed by atoms with van der Waals surface area (Å²) in [6.07, 6.45) is 7.51. The van der Waals surface area contributed by atoms with Crippen molar-refractivity contribution in [2.24, 2.45) is 5.92 Å². The fraction of sp³-hybridized carbons (Fsp3) is 0.667. The lowest BCUT2D eigenvalue weighted by atomic mass is 9.87. The van der Waals surface area contributed by atoms with E-state index >= 15 is 0 Å². The van der Waals surface area contributed by atoms with Gasteiger partial charge in [-0.3, -0.25) is 4.79 Å². The van der Waals surface area contributed by atoms with Crippen LogP contribution in [0.3, 0.4) is 0 Å². The SMILES string of the molecule is CC1CCC(=CC(=O)N2CCOCC2c2ncon2)CC1. The number of allylic oxidation sites excluding steroid dienone is 1. The maximum atomic E-state index is 12.6. The molecule has 1 atom stereocenters. The summed E-state index contributed by atoms with van der Waals surface area (Å²) in [5, 5.41) is 3.85. The zero-order valence-electron chi connectivity index (χ0n) is 12.3. The zero-order valence-corrected chi connectivity index (χ0v) is 12.3. The van der Waals surface area contributed by atoms with Crippen LogP contribution >= 0.6 is 0 Å². The minimum atomic E-state index is -0.246. The Morgan fingerprint density at radius 1 is 1.43 bits per heavy atom. The van der Waals surface area contributed by atoms with Gasteiger partial charge in [-0.05, 0) is 31.6 Å². The van der Waals surface area contributed by atoms with Gasteiger partial charge in [0, 0.05) is 12.6 Å². The fourth-order valence-corrected chi connectivity index (χ4v) is 2.94. The van der Waals surface area contributed by atoms with Crippen molar-refractivity contribution in [2.45, 2.75) is 38.6 Å². The molecule has 0 radical (unpaired) electrons. The lowest BCUT2D eigenvalue weighted by Gasteiger charge is -2.33. The first kappa shape index (κ1) is 14.3. The van der Waals surface area contributed by atoms with E-state index in [4.69, 9.17) is 9.26 Å². The van der Waals surface area contributed by atoms with E-state index in [9.17, 15) is 4.79 Å². The van der Waals surface area contributed by atoms with E-state index in [0.717, 1.165) is 18.8 Å². The second-order valence-electron chi connectivity index (χ2n) is 5.90. The highest BCUT2D eigenvalue weighted by molar-refractivity contribution is 5.88. The van der Waals surface area contributed by atoms with Crippen molar-refractivity contribution in [3.8, 4) is 0 Å². The molecule has 1 aromatic rings. The second-order valence-corrected chi connectivity index (χ2v) is 5.90. The largest absolute Gasteiger partial charge is 0.377 e. The van der Waals surface area contributed by atoms with E-state index in [0.29, 0.717) is 25.6 Å². The van der Waals surface area contributed by atoms with Crippen molar-refractivity contribution >= 4 is 5.91 Å². The summed E-state index contributed by atoms with van der Waals surface area (Å²) in [6.45, 7) is 3.82. The van der Waals surface area contributed by atoms with Crippen molar-refractivity contribution in [3.63, 3.8) is 0 Å². The van der Waals surface area contributed by atoms with Gasteiger partial charge in [-0.15, -0.1) is 0 Å². The minimum Gasteiger partial charge on any atom is -0.377 e. The van der Waals surface area contributed by atoms with Crippen LogP contribution < -0.4 is 0 Å². The first-order chi connectivity index (χ1) is 10.2. The highest BCUT2D eigenvalue weighted by Gasteiger charge is 2.31. The molecule has 1 saturated heterocycles. The Bertz CT molecular complexity index is 502. The van der Waals surface area contributed by atoms with Gasteiger partial charge >= 0.3 is 0 Å². The third-order valence-corrected chi connectivity index (χ3v) is 4.33. The van der Waals surface area contributed by atoms with Crippen LogP contribution in [0.1, 0.15) is 44.5 Å². The normalized spacial score (nSPS) is 26.7. The summed E-state index contributed by atoms with van der Waals surface area (Å²) in [6, 6.07) is -0.246. The van der Waals surface area contributed by atoms with Crippen LogP contribution in [-0.4, -0.2) is 40.7 Å². The number of carbonyl (C=O) groups excluding carboxylic acids is 1. The third-order valence-electron chi connectivity index (χ3n) is 4.33. The van der Waals surface area contributed by atoms with Crippen LogP contribution in [0.4, 0.5) is 0 Å². The van der Waals surface area contributed by atoms with Gasteiger partial charge in [0.2, 0.25) is 12.3 Å². The number of hydrogen-bond acceptors (Lipinski definition) is 5. The number of hydrogen-bond donors (Lipinski definition) is 0. The van der Waals surface area contributed by atoms with E-state index in [1.807, 2.05) is 6.08 Å². The molecule has 0 spiro atoms. The van der Waals surface area contributed by atoms with Gasteiger partial charge in [0.05, 0.1) is 13.2 Å². The molecule has 1 saturated carbocycles. The average molecular weight is 291 g/mol. The number of carbonyl (C=O) groups is 1. The first-order valence-electron chi connectivity index (χ1n) is 7.58. The Balaban J connectivity index is 1.71. The summed E-state index contributed by atoms with van der Waals surface area (Å²) in [5.74, 6) is 1.32. The van der Waals surface area contributed by atoms with Crippen LogP contribution in [-0.2, 0) is 9.53 Å². The smallest absolute Gasteiger partial charge is 0.247 e. The highest BCUT2D eigenvalue weighted by Crippen LogP contribution is 2.28. The summed E-state index contributed by atoms with van der Waals surface area (Å²) in [4.78, 5) is 18.4. The zero-order chi connectivity index (χ0) is 14.7. The van der Waals surface area contributed by atoms with Crippen molar-refractivity contribution < 1.29 is 14.1 Å². The monoisotopic (exact) mass is 291 g/mol. The average Bonchev–Trinajstić information content (AvgIpc) is 3.04. The van der Waals surface area contributed by atoms with Crippen molar-refractivity contribution in [1.82, 2.24) is 15.0 Å². The molecule has 0 N–H and O–H groups in total. The van der Waals surface area contributed by atoms with Crippen molar-refractivity contribution in [2.75, 3.05) is 19.8 Å². The summed E-state index contributed by atoms with van der Waals surface area (Å²) < 4.78 is 10.2. The molecule has 114 valence electrons. The molecule has 6 heteroatoms. The Kier molecular flexibility index (Phi) is 4.34. The van der Waals surface area contributed by atoms with Gasteiger partial charge in [-0.2, -0.15) is 4.98 Å². The molecule has 6 nitrogen and oxygen atoms in total. The predicted octanol–water partition coefficient (Wildman–Crippen LogP) is 2.11. The quantitative estimate of drug-likeness (QED) is 0.781. The number of morpholine rings is 1. The lowest BCUT2D eigenvalue weighted by molar-refractivity contribution is -0.135. The molecule has 2 fully saturated rings. The van der Waals surface area contributed by atoms with E-state index in [2.05, 4.69) is 17.1 Å². The van der Waals surface area contributed by atoms with Gasteiger partial charge in [0.25, 0.3) is 0 Å². The molecular weight excluding hydrogens is 270 g/mol. The molecule has 2 heterocycles. The highest BCUT2D eigenvalue weighted by atomic mass is 16.5. The van der Waals surface area contributed by atoms with E-state index < -0.39 is 0 Å². The van der Waals surface area contributed by atoms with E-state index in [1.54, 1.807) is 4.90 Å². The van der Waals surface area contributed by atoms with Gasteiger partial charge in [0.15, 0.2) is 5.82 Å². The van der Waals surface area contributed by atoms with Gasteiger partial charge in [-0.25, -0.2) is 0 Å². The Morgan fingerprint density at radius 3 is 2.95 bits per heavy atom. The molecule has 1 unspecified atom stereocenters. The van der Waals surface area contributed by atoms with E-state index in [1.165, 1.54) is 24.8 Å². The molecule has 21 heavy (non-hydrogen) atoms. The summed E-state index contributed by atoms with van der Waals surface area (Å²) >= 11 is 0. The molecule has 0 bridgehead atoms. The fourth-order valence-electron chi connectivity index (χ4n) is 2.94. The van der Waals surface area contributed by atoms with Crippen molar-refractivity contribution in [3.05, 3.63) is 23.9 Å². The number of nitrogens with zero attached hydrogens (tertiary/aromatic N) is 3. The molecular formula is C15H21N3O3. The summed E-state index contributed by atoms with van der Waals surface area (Å²) in [5.41, 5.74) is 1.26. The Hall–Kier alpha value is -1.69. The number of amides is 1. The molecule has 0 aromatic carbocycles. The van der Waals surface area contributed by atoms with Crippen LogP contribution in [0.25, 0.3) is 0 Å². The first-order valence-corrected chi connectivity index (χ1v) is 7.58. The van der Waals surface area contributed by atoms with Crippen LogP contribution in [0.15, 0.2) is 22.6 Å². The predicted molar refractivity (Wildman–Crippen MR) is 75.3 cm³/mol. The topological polar surface area (TPSA) is 68.5 Å². The van der Waals surface area contributed by atoms with Crippen LogP contribution in [0.2, 0.25) is 0 Å². The maximum Gasteiger partial charge on any atom is 0.247 e. The lowest BCUT2D eigenvalue weighted by Crippen LogP contribution is -2.43. The van der Waals surface area contributed by atoms with Gasteiger partial charge in [-0.1, -0.05) is 17.7 Å². The molecule has 1 aliphatic heterocycles. The number of ether oxygens (including phenoxy) is 1. The maximum absolute atomic E-state index is 12.6. The minimum absolute atomic E-state index is 0.0395. The summed E-state index contributed by atoms with van der Waals surface area (Å²) in [7, 11) is 0. The molecule has 1 amide bonds. The van der Waals surface area contributed by atoms with E-state index in [-0.39, 0.29) is 11.9 Å². The second kappa shape index (κ2) is 6.39. The molecule has 1 aliphatic carbocycles.